The van der Waals surface area contributed by atoms with Crippen molar-refractivity contribution in [2.45, 2.75) is 31.5 Å². The number of thiazole rings is 1. The van der Waals surface area contributed by atoms with Gasteiger partial charge in [0.2, 0.25) is 5.88 Å². The van der Waals surface area contributed by atoms with Gasteiger partial charge in [0.25, 0.3) is 0 Å². The number of likely N-dealkylation sites (tertiary alicyclic amines) is 1. The molecule has 0 saturated carbocycles. The summed E-state index contributed by atoms with van der Waals surface area (Å²) >= 11 is 6.73. The Balaban J connectivity index is 1.71. The molecule has 11 heteroatoms. The quantitative estimate of drug-likeness (QED) is 0.551. The van der Waals surface area contributed by atoms with Crippen LogP contribution in [0.5, 0.6) is 5.88 Å². The number of hydrogen-bond donors (Lipinski definition) is 1. The van der Waals surface area contributed by atoms with Gasteiger partial charge in [0, 0.05) is 23.6 Å². The Morgan fingerprint density at radius 3 is 2.81 bits per heavy atom. The molecule has 0 aliphatic carbocycles. The number of alkyl halides is 3. The third-order valence-electron chi connectivity index (χ3n) is 6.54. The third kappa shape index (κ3) is 4.72. The summed E-state index contributed by atoms with van der Waals surface area (Å²) in [6.07, 6.45) is -1.62. The average molecular weight is 535 g/mol. The monoisotopic (exact) mass is 534 g/mol. The lowest BCUT2D eigenvalue weighted by Gasteiger charge is -2.30. The van der Waals surface area contributed by atoms with Crippen LogP contribution in [-0.2, 0) is 12.6 Å². The number of hydrogen-bond acceptors (Lipinski definition) is 6. The molecule has 1 unspecified atom stereocenters. The zero-order valence-corrected chi connectivity index (χ0v) is 20.8. The predicted octanol–water partition coefficient (Wildman–Crippen LogP) is 3.96. The number of halogens is 4. The molecule has 1 N–H and O–H groups in total. The van der Waals surface area contributed by atoms with Crippen LogP contribution in [-0.4, -0.2) is 40.9 Å². The maximum absolute atomic E-state index is 13.9. The fourth-order valence-electron chi connectivity index (χ4n) is 4.81. The van der Waals surface area contributed by atoms with Crippen molar-refractivity contribution in [2.24, 2.45) is 10.2 Å². The van der Waals surface area contributed by atoms with E-state index >= 15 is 0 Å². The van der Waals surface area contributed by atoms with Crippen LogP contribution in [0, 0.1) is 0 Å². The fourth-order valence-corrected chi connectivity index (χ4v) is 5.99. The van der Waals surface area contributed by atoms with E-state index in [1.807, 2.05) is 7.05 Å². The van der Waals surface area contributed by atoms with Gasteiger partial charge in [-0.05, 0) is 67.1 Å². The second-order valence-corrected chi connectivity index (χ2v) is 10.4. The van der Waals surface area contributed by atoms with Crippen LogP contribution in [0.25, 0.3) is 5.57 Å². The van der Waals surface area contributed by atoms with E-state index in [0.717, 1.165) is 36.8 Å². The normalized spacial score (nSPS) is 18.8. The number of nitrogens with zero attached hydrogens (tertiary/aromatic N) is 4. The maximum atomic E-state index is 13.9. The van der Waals surface area contributed by atoms with Crippen LogP contribution in [0.4, 0.5) is 13.2 Å². The number of fused-ring (bicyclic) bond motifs is 1. The molecule has 36 heavy (non-hydrogen) atoms. The van der Waals surface area contributed by atoms with E-state index in [2.05, 4.69) is 15.1 Å². The molecule has 0 amide bonds. The molecule has 5 rings (SSSR count). The first-order chi connectivity index (χ1) is 17.1. The van der Waals surface area contributed by atoms with Crippen molar-refractivity contribution in [1.82, 2.24) is 9.47 Å². The molecule has 1 fully saturated rings. The van der Waals surface area contributed by atoms with Gasteiger partial charge in [0.05, 0.1) is 28.1 Å². The lowest BCUT2D eigenvalue weighted by Crippen LogP contribution is -2.36. The first-order valence-corrected chi connectivity index (χ1v) is 12.5. The van der Waals surface area contributed by atoms with Crippen LogP contribution in [0.3, 0.4) is 0 Å². The molecule has 1 aromatic heterocycles. The summed E-state index contributed by atoms with van der Waals surface area (Å²) in [4.78, 5) is 15.1. The highest BCUT2D eigenvalue weighted by Crippen LogP contribution is 2.38. The minimum atomic E-state index is -4.62. The zero-order valence-electron chi connectivity index (χ0n) is 19.2. The van der Waals surface area contributed by atoms with Crippen molar-refractivity contribution in [2.75, 3.05) is 20.1 Å². The number of benzene rings is 2. The summed E-state index contributed by atoms with van der Waals surface area (Å²) in [6.45, 7) is 1.50. The van der Waals surface area contributed by atoms with Crippen molar-refractivity contribution in [3.63, 3.8) is 0 Å². The molecular formula is C25H22ClF3N4O2S. The van der Waals surface area contributed by atoms with Gasteiger partial charge in [0.15, 0.2) is 0 Å². The van der Waals surface area contributed by atoms with Crippen molar-refractivity contribution in [3.05, 3.63) is 83.2 Å². The first kappa shape index (κ1) is 24.7. The summed E-state index contributed by atoms with van der Waals surface area (Å²) in [6, 6.07) is 8.62. The number of aromatic nitrogens is 1. The molecular weight excluding hydrogens is 513 g/mol. The van der Waals surface area contributed by atoms with Crippen molar-refractivity contribution in [3.8, 4) is 5.88 Å². The summed E-state index contributed by atoms with van der Waals surface area (Å²) in [5, 5.41) is 20.4. The number of piperidine rings is 1. The van der Waals surface area contributed by atoms with E-state index < -0.39 is 11.7 Å². The second kappa shape index (κ2) is 9.49. The standard InChI is InChI=1S/C25H22ClF3N4O2S/c1-32-8-2-3-18(13-32)33-23(34)22(36-24(33)35)19(14-5-7-21-16(9-14)12-30-31-21)10-15-4-6-17(26)11-20(15)25(27,28)29/h4-7,9,11-12,18,34H,2-3,8,10,13H2,1H3. The van der Waals surface area contributed by atoms with Crippen LogP contribution < -0.4 is 15.4 Å². The molecule has 3 heterocycles. The highest BCUT2D eigenvalue weighted by atomic mass is 35.5. The highest BCUT2D eigenvalue weighted by molar-refractivity contribution is 7.10. The van der Waals surface area contributed by atoms with Gasteiger partial charge >= 0.3 is 11.0 Å². The van der Waals surface area contributed by atoms with Crippen molar-refractivity contribution >= 4 is 34.7 Å². The molecule has 188 valence electrons. The van der Waals surface area contributed by atoms with Crippen LogP contribution >= 0.6 is 22.9 Å². The van der Waals surface area contributed by atoms with Gasteiger partial charge < -0.3 is 10.0 Å². The number of aromatic hydroxyl groups is 1. The Bertz CT molecular complexity index is 1540. The Morgan fingerprint density at radius 1 is 1.25 bits per heavy atom. The molecule has 0 radical (unpaired) electrons. The fraction of sp³-hybridized carbons (Fsp3) is 0.320. The molecule has 2 aliphatic rings. The van der Waals surface area contributed by atoms with E-state index in [0.29, 0.717) is 28.3 Å². The molecule has 0 spiro atoms. The molecule has 2 aromatic carbocycles. The minimum absolute atomic E-state index is 0.00930. The zero-order chi connectivity index (χ0) is 25.6. The smallest absolute Gasteiger partial charge is 0.416 e. The van der Waals surface area contributed by atoms with Crippen LogP contribution in [0.2, 0.25) is 5.02 Å². The molecule has 6 nitrogen and oxygen atoms in total. The largest absolute Gasteiger partial charge is 0.493 e. The van der Waals surface area contributed by atoms with Crippen molar-refractivity contribution < 1.29 is 18.3 Å². The molecule has 1 saturated heterocycles. The van der Waals surface area contributed by atoms with E-state index in [-0.39, 0.29) is 38.7 Å². The number of likely N-dealkylation sites (N-methyl/N-ethyl adjacent to an activating group) is 1. The van der Waals surface area contributed by atoms with E-state index in [1.54, 1.807) is 24.4 Å². The molecule has 2 aliphatic heterocycles. The van der Waals surface area contributed by atoms with Crippen LogP contribution in [0.1, 0.15) is 40.5 Å². The molecule has 3 aromatic rings. The SMILES string of the molecule is CN1CCCC(n2c(O)c(C(Cc3ccc(Cl)cc3C(F)(F)F)=c3ccc4c(c3)C=NN=4)sc2=O)C1. The lowest BCUT2D eigenvalue weighted by molar-refractivity contribution is -0.138. The third-order valence-corrected chi connectivity index (χ3v) is 7.78. The van der Waals surface area contributed by atoms with E-state index in [9.17, 15) is 23.1 Å². The second-order valence-electron chi connectivity index (χ2n) is 9.02. The van der Waals surface area contributed by atoms with Gasteiger partial charge in [-0.15, -0.1) is 0 Å². The minimum Gasteiger partial charge on any atom is -0.493 e. The predicted molar refractivity (Wildman–Crippen MR) is 133 cm³/mol. The van der Waals surface area contributed by atoms with Gasteiger partial charge in [-0.3, -0.25) is 9.36 Å². The summed E-state index contributed by atoms with van der Waals surface area (Å²) < 4.78 is 43.0. The Kier molecular flexibility index (Phi) is 6.52. The van der Waals surface area contributed by atoms with Crippen molar-refractivity contribution in [1.29, 1.82) is 0 Å². The van der Waals surface area contributed by atoms with E-state index in [1.165, 1.54) is 16.7 Å². The number of rotatable bonds is 4. The Morgan fingerprint density at radius 2 is 2.06 bits per heavy atom. The van der Waals surface area contributed by atoms with Gasteiger partial charge in [-0.25, -0.2) is 0 Å². The highest BCUT2D eigenvalue weighted by Gasteiger charge is 2.34. The Labute approximate surface area is 213 Å². The first-order valence-electron chi connectivity index (χ1n) is 11.3. The summed E-state index contributed by atoms with van der Waals surface area (Å²) in [7, 11) is 1.95. The maximum Gasteiger partial charge on any atom is 0.416 e. The van der Waals surface area contributed by atoms with E-state index in [4.69, 9.17) is 11.6 Å². The van der Waals surface area contributed by atoms with Gasteiger partial charge in [-0.2, -0.15) is 23.4 Å². The topological polar surface area (TPSA) is 70.2 Å². The Hall–Kier alpha value is -2.95. The van der Waals surface area contributed by atoms with Gasteiger partial charge in [0.1, 0.15) is 0 Å². The lowest BCUT2D eigenvalue weighted by atomic mass is 9.96. The summed E-state index contributed by atoms with van der Waals surface area (Å²) in [5.41, 5.74) is 0.251. The molecule has 0 bridgehead atoms. The molecule has 1 atom stereocenters. The van der Waals surface area contributed by atoms with Crippen LogP contribution in [0.15, 0.2) is 51.4 Å². The van der Waals surface area contributed by atoms with Gasteiger partial charge in [-0.1, -0.05) is 35.1 Å². The average Bonchev–Trinajstić information content (AvgIpc) is 3.40. The summed E-state index contributed by atoms with van der Waals surface area (Å²) in [5.74, 6) is -0.221.